The molecule has 1 atom stereocenters. The number of hydrogen-bond acceptors (Lipinski definition) is 3. The molecule has 2 amide bonds. The molecule has 0 spiro atoms. The van der Waals surface area contributed by atoms with E-state index >= 15 is 0 Å². The van der Waals surface area contributed by atoms with Crippen LogP contribution in [-0.2, 0) is 0 Å². The normalized spacial score (nSPS) is 11.9. The van der Waals surface area contributed by atoms with Gasteiger partial charge >= 0.3 is 0 Å². The molecule has 0 aliphatic rings. The first-order valence-corrected chi connectivity index (χ1v) is 6.64. The fraction of sp³-hybridized carbons (Fsp3) is 0.333. The number of hydrogen-bond donors (Lipinski definition) is 2. The third kappa shape index (κ3) is 3.78. The first-order valence-electron chi connectivity index (χ1n) is 5.25. The largest absolute Gasteiger partial charge is 0.366 e. The van der Waals surface area contributed by atoms with Crippen molar-refractivity contribution in [2.45, 2.75) is 13.0 Å². The van der Waals surface area contributed by atoms with Gasteiger partial charge in [0.1, 0.15) is 0 Å². The molecule has 1 aromatic rings. The smallest absolute Gasteiger partial charge is 0.252 e. The highest BCUT2D eigenvalue weighted by Crippen LogP contribution is 2.08. The van der Waals surface area contributed by atoms with Crippen molar-refractivity contribution in [2.75, 3.05) is 12.0 Å². The van der Waals surface area contributed by atoms with Gasteiger partial charge in [-0.1, -0.05) is 12.1 Å². The quantitative estimate of drug-likeness (QED) is 0.829. The van der Waals surface area contributed by atoms with Gasteiger partial charge in [-0.25, -0.2) is 0 Å². The van der Waals surface area contributed by atoms with Crippen molar-refractivity contribution in [3.8, 4) is 0 Å². The molecule has 0 heterocycles. The second-order valence-electron chi connectivity index (χ2n) is 3.74. The zero-order valence-corrected chi connectivity index (χ0v) is 10.7. The lowest BCUT2D eigenvalue weighted by Crippen LogP contribution is -2.35. The second kappa shape index (κ2) is 6.30. The second-order valence-corrected chi connectivity index (χ2v) is 4.65. The number of nitrogens with two attached hydrogens (primary N) is 1. The molecule has 17 heavy (non-hydrogen) atoms. The van der Waals surface area contributed by atoms with Crippen molar-refractivity contribution in [1.29, 1.82) is 0 Å². The molecule has 1 rings (SSSR count). The maximum atomic E-state index is 11.9. The molecule has 0 radical (unpaired) electrons. The molecule has 0 aliphatic heterocycles. The summed E-state index contributed by atoms with van der Waals surface area (Å²) in [6.07, 6.45) is 1.97. The van der Waals surface area contributed by atoms with Gasteiger partial charge in [-0.2, -0.15) is 11.8 Å². The third-order valence-corrected chi connectivity index (χ3v) is 3.06. The number of primary amides is 1. The van der Waals surface area contributed by atoms with E-state index in [0.29, 0.717) is 5.56 Å². The van der Waals surface area contributed by atoms with Gasteiger partial charge in [0.15, 0.2) is 0 Å². The van der Waals surface area contributed by atoms with Gasteiger partial charge in [0.05, 0.1) is 11.1 Å². The third-order valence-electron chi connectivity index (χ3n) is 2.23. The Morgan fingerprint density at radius 3 is 2.47 bits per heavy atom. The summed E-state index contributed by atoms with van der Waals surface area (Å²) in [4.78, 5) is 23.1. The van der Waals surface area contributed by atoms with Crippen LogP contribution in [0.2, 0.25) is 0 Å². The lowest BCUT2D eigenvalue weighted by molar-refractivity contribution is 0.0928. The first-order chi connectivity index (χ1) is 8.06. The Labute approximate surface area is 105 Å². The minimum absolute atomic E-state index is 0.0541. The van der Waals surface area contributed by atoms with E-state index in [4.69, 9.17) is 5.73 Å². The van der Waals surface area contributed by atoms with Gasteiger partial charge in [-0.05, 0) is 25.3 Å². The van der Waals surface area contributed by atoms with Crippen LogP contribution in [0.15, 0.2) is 24.3 Å². The summed E-state index contributed by atoms with van der Waals surface area (Å²) >= 11 is 1.65. The van der Waals surface area contributed by atoms with E-state index in [0.717, 1.165) is 5.75 Å². The molecule has 0 fully saturated rings. The Morgan fingerprint density at radius 1 is 1.35 bits per heavy atom. The van der Waals surface area contributed by atoms with E-state index in [1.54, 1.807) is 36.0 Å². The summed E-state index contributed by atoms with van der Waals surface area (Å²) in [5.41, 5.74) is 5.80. The van der Waals surface area contributed by atoms with Crippen molar-refractivity contribution in [3.05, 3.63) is 35.4 Å². The molecule has 0 aromatic heterocycles. The van der Waals surface area contributed by atoms with E-state index in [1.165, 1.54) is 0 Å². The van der Waals surface area contributed by atoms with Crippen LogP contribution in [-0.4, -0.2) is 29.9 Å². The topological polar surface area (TPSA) is 72.2 Å². The zero-order chi connectivity index (χ0) is 12.8. The van der Waals surface area contributed by atoms with Crippen molar-refractivity contribution < 1.29 is 9.59 Å². The average Bonchev–Trinajstić information content (AvgIpc) is 2.29. The Bertz CT molecular complexity index is 421. The van der Waals surface area contributed by atoms with Gasteiger partial charge in [-0.15, -0.1) is 0 Å². The van der Waals surface area contributed by atoms with E-state index < -0.39 is 5.91 Å². The average molecular weight is 252 g/mol. The molecular formula is C12H16N2O2S. The monoisotopic (exact) mass is 252 g/mol. The molecular weight excluding hydrogens is 236 g/mol. The summed E-state index contributed by atoms with van der Waals surface area (Å²) < 4.78 is 0. The van der Waals surface area contributed by atoms with Crippen molar-refractivity contribution in [3.63, 3.8) is 0 Å². The van der Waals surface area contributed by atoms with E-state index in [-0.39, 0.29) is 17.5 Å². The van der Waals surface area contributed by atoms with Crippen LogP contribution in [0.25, 0.3) is 0 Å². The number of thioether (sulfide) groups is 1. The highest BCUT2D eigenvalue weighted by molar-refractivity contribution is 7.98. The van der Waals surface area contributed by atoms with Gasteiger partial charge in [0.25, 0.3) is 5.91 Å². The number of amides is 2. The molecule has 0 aliphatic carbocycles. The minimum Gasteiger partial charge on any atom is -0.366 e. The Kier molecular flexibility index (Phi) is 5.03. The molecule has 3 N–H and O–H groups in total. The maximum Gasteiger partial charge on any atom is 0.252 e. The van der Waals surface area contributed by atoms with Crippen LogP contribution < -0.4 is 11.1 Å². The fourth-order valence-corrected chi connectivity index (χ4v) is 2.07. The van der Waals surface area contributed by atoms with Gasteiger partial charge in [-0.3, -0.25) is 9.59 Å². The molecule has 0 saturated carbocycles. The highest BCUT2D eigenvalue weighted by Gasteiger charge is 2.15. The standard InChI is InChI=1S/C12H16N2O2S/c1-8(7-17-2)14-12(16)10-6-4-3-5-9(10)11(13)15/h3-6,8H,7H2,1-2H3,(H2,13,15)(H,14,16)/t8-/m0/s1. The van der Waals surface area contributed by atoms with Gasteiger partial charge in [0.2, 0.25) is 5.91 Å². The molecule has 92 valence electrons. The molecule has 0 bridgehead atoms. The molecule has 0 unspecified atom stereocenters. The predicted octanol–water partition coefficient (Wildman–Crippen LogP) is 1.27. The molecule has 0 saturated heterocycles. The Balaban J connectivity index is 2.85. The first kappa shape index (κ1) is 13.6. The van der Waals surface area contributed by atoms with Crippen LogP contribution in [0.1, 0.15) is 27.6 Å². The summed E-state index contributed by atoms with van der Waals surface area (Å²) in [6.45, 7) is 1.92. The van der Waals surface area contributed by atoms with Crippen LogP contribution in [0.4, 0.5) is 0 Å². The fourth-order valence-electron chi connectivity index (χ4n) is 1.49. The summed E-state index contributed by atoms with van der Waals surface area (Å²) in [5, 5.41) is 2.82. The van der Waals surface area contributed by atoms with Crippen LogP contribution >= 0.6 is 11.8 Å². The zero-order valence-electron chi connectivity index (χ0n) is 9.90. The van der Waals surface area contributed by atoms with Crippen molar-refractivity contribution in [1.82, 2.24) is 5.32 Å². The van der Waals surface area contributed by atoms with Crippen molar-refractivity contribution >= 4 is 23.6 Å². The summed E-state index contributed by atoms with van der Waals surface area (Å²) in [7, 11) is 0. The van der Waals surface area contributed by atoms with E-state index in [1.807, 2.05) is 13.2 Å². The molecule has 5 heteroatoms. The number of benzene rings is 1. The van der Waals surface area contributed by atoms with Crippen molar-refractivity contribution in [2.24, 2.45) is 5.73 Å². The van der Waals surface area contributed by atoms with E-state index in [9.17, 15) is 9.59 Å². The minimum atomic E-state index is -0.590. The Hall–Kier alpha value is -1.49. The Morgan fingerprint density at radius 2 is 1.94 bits per heavy atom. The number of carbonyl (C=O) groups is 2. The van der Waals surface area contributed by atoms with Gasteiger partial charge < -0.3 is 11.1 Å². The molecule has 4 nitrogen and oxygen atoms in total. The lowest BCUT2D eigenvalue weighted by Gasteiger charge is -2.13. The maximum absolute atomic E-state index is 11.9. The predicted molar refractivity (Wildman–Crippen MR) is 70.3 cm³/mol. The molecule has 1 aromatic carbocycles. The number of carbonyl (C=O) groups excluding carboxylic acids is 2. The number of nitrogens with one attached hydrogen (secondary N) is 1. The van der Waals surface area contributed by atoms with Crippen LogP contribution in [0, 0.1) is 0 Å². The van der Waals surface area contributed by atoms with Crippen LogP contribution in [0.5, 0.6) is 0 Å². The summed E-state index contributed by atoms with van der Waals surface area (Å²) in [5.74, 6) is -0.0287. The SMILES string of the molecule is CSC[C@H](C)NC(=O)c1ccccc1C(N)=O. The highest BCUT2D eigenvalue weighted by atomic mass is 32.2. The lowest BCUT2D eigenvalue weighted by atomic mass is 10.1. The van der Waals surface area contributed by atoms with E-state index in [2.05, 4.69) is 5.32 Å². The summed E-state index contributed by atoms with van der Waals surface area (Å²) in [6, 6.07) is 6.60. The number of rotatable bonds is 5. The van der Waals surface area contributed by atoms with Crippen LogP contribution in [0.3, 0.4) is 0 Å². The van der Waals surface area contributed by atoms with Gasteiger partial charge in [0, 0.05) is 11.8 Å².